The SMILES string of the molecule is CC(=O)c1cn(CC(=O)N2CC(F)CC2C(=O)NCc2cccc(Cl)c2F)c2cc(OCP(=O)(OCOC(=O)OC(C)C)OCOC(=O)OC(C)C)ccc12. The van der Waals surface area contributed by atoms with Gasteiger partial charge in [0.1, 0.15) is 30.3 Å². The van der Waals surface area contributed by atoms with Crippen LogP contribution in [0.3, 0.4) is 0 Å². The van der Waals surface area contributed by atoms with E-state index in [4.69, 9.17) is 44.3 Å². The molecular weight excluding hydrogens is 775 g/mol. The number of carbonyl (C=O) groups is 5. The Morgan fingerprint density at radius 3 is 2.22 bits per heavy atom. The molecule has 0 spiro atoms. The van der Waals surface area contributed by atoms with Crippen molar-refractivity contribution in [2.45, 2.75) is 78.6 Å². The molecule has 0 saturated carbocycles. The first-order valence-electron chi connectivity index (χ1n) is 16.9. The van der Waals surface area contributed by atoms with Crippen LogP contribution < -0.4 is 10.1 Å². The number of fused-ring (bicyclic) bond motifs is 1. The molecule has 55 heavy (non-hydrogen) atoms. The van der Waals surface area contributed by atoms with Crippen LogP contribution in [0.25, 0.3) is 10.9 Å². The Morgan fingerprint density at radius 2 is 1.62 bits per heavy atom. The number of rotatable bonds is 17. The zero-order valence-electron chi connectivity index (χ0n) is 30.6. The molecule has 2 heterocycles. The van der Waals surface area contributed by atoms with Crippen molar-refractivity contribution in [3.8, 4) is 5.75 Å². The molecule has 2 unspecified atom stereocenters. The second-order valence-corrected chi connectivity index (χ2v) is 15.1. The third kappa shape index (κ3) is 12.1. The summed E-state index contributed by atoms with van der Waals surface area (Å²) in [5, 5.41) is 2.82. The summed E-state index contributed by atoms with van der Waals surface area (Å²) >= 11 is 5.83. The van der Waals surface area contributed by atoms with Gasteiger partial charge in [0, 0.05) is 41.7 Å². The van der Waals surface area contributed by atoms with Crippen LogP contribution in [-0.2, 0) is 55.2 Å². The summed E-state index contributed by atoms with van der Waals surface area (Å²) < 4.78 is 79.3. The van der Waals surface area contributed by atoms with Crippen LogP contribution in [0.15, 0.2) is 42.6 Å². The number of ether oxygens (including phenoxy) is 5. The molecule has 1 aliphatic heterocycles. The Balaban J connectivity index is 1.50. The number of aromatic nitrogens is 1. The zero-order valence-corrected chi connectivity index (χ0v) is 32.2. The van der Waals surface area contributed by atoms with E-state index in [0.29, 0.717) is 10.9 Å². The molecule has 0 radical (unpaired) electrons. The number of amides is 2. The van der Waals surface area contributed by atoms with Crippen molar-refractivity contribution in [2.75, 3.05) is 26.5 Å². The Morgan fingerprint density at radius 1 is 0.982 bits per heavy atom. The van der Waals surface area contributed by atoms with Crippen molar-refractivity contribution in [3.05, 3.63) is 64.6 Å². The Hall–Kier alpha value is -4.77. The molecular formula is C35H41ClF2N3O13P. The summed E-state index contributed by atoms with van der Waals surface area (Å²) in [7, 11) is -4.35. The van der Waals surface area contributed by atoms with Gasteiger partial charge in [0.2, 0.25) is 25.4 Å². The average Bonchev–Trinajstić information content (AvgIpc) is 3.67. The molecule has 2 atom stereocenters. The molecule has 0 bridgehead atoms. The van der Waals surface area contributed by atoms with Crippen molar-refractivity contribution >= 4 is 60.0 Å². The van der Waals surface area contributed by atoms with E-state index in [2.05, 4.69) is 5.32 Å². The number of hydrogen-bond donors (Lipinski definition) is 1. The number of ketones is 1. The number of benzene rings is 2. The smallest absolute Gasteiger partial charge is 0.481 e. The minimum absolute atomic E-state index is 0.0533. The van der Waals surface area contributed by atoms with Gasteiger partial charge in [-0.1, -0.05) is 23.7 Å². The highest BCUT2D eigenvalue weighted by atomic mass is 35.5. The first kappa shape index (κ1) is 43.0. The number of hydrogen-bond acceptors (Lipinski definition) is 13. The topological polar surface area (TPSA) is 187 Å². The maximum absolute atomic E-state index is 14.7. The summed E-state index contributed by atoms with van der Waals surface area (Å²) in [6.45, 7) is 4.83. The Labute approximate surface area is 319 Å². The number of alkyl halides is 1. The number of nitrogens with zero attached hydrogens (tertiary/aromatic N) is 2. The number of halogens is 3. The van der Waals surface area contributed by atoms with Crippen molar-refractivity contribution in [1.29, 1.82) is 0 Å². The highest BCUT2D eigenvalue weighted by Crippen LogP contribution is 2.48. The van der Waals surface area contributed by atoms with E-state index >= 15 is 0 Å². The highest BCUT2D eigenvalue weighted by molar-refractivity contribution is 7.53. The second-order valence-electron chi connectivity index (χ2n) is 12.7. The standard InChI is InChI=1S/C35H41ClF2N3O13P/c1-20(2)53-34(45)48-17-51-55(47,52-18-49-35(46)54-21(3)4)19-50-25-9-10-26-27(22(5)42)15-40(29(26)12-25)16-31(43)41-14-24(37)11-30(41)33(44)39-13-23-7-6-8-28(36)32(23)38/h6-10,12,15,20-21,24,30H,11,13-14,16-19H2,1-5H3,(H,39,44). The number of nitrogens with one attached hydrogen (secondary N) is 1. The highest BCUT2D eigenvalue weighted by Gasteiger charge is 2.40. The predicted molar refractivity (Wildman–Crippen MR) is 191 cm³/mol. The molecule has 2 aromatic carbocycles. The summed E-state index contributed by atoms with van der Waals surface area (Å²) in [6.07, 6.45) is -4.42. The minimum atomic E-state index is -4.35. The number of likely N-dealkylation sites (tertiary alicyclic amines) is 1. The summed E-state index contributed by atoms with van der Waals surface area (Å²) in [5.74, 6) is -2.33. The van der Waals surface area contributed by atoms with E-state index in [-0.39, 0.29) is 47.2 Å². The van der Waals surface area contributed by atoms with Crippen LogP contribution in [0, 0.1) is 5.82 Å². The fraction of sp³-hybridized carbons (Fsp3) is 0.457. The second kappa shape index (κ2) is 19.2. The normalized spacial score (nSPS) is 15.6. The van der Waals surface area contributed by atoms with Crippen LogP contribution in [-0.4, -0.2) is 90.3 Å². The first-order valence-corrected chi connectivity index (χ1v) is 19.0. The van der Waals surface area contributed by atoms with Crippen molar-refractivity contribution in [3.63, 3.8) is 0 Å². The minimum Gasteiger partial charge on any atom is -0.481 e. The van der Waals surface area contributed by atoms with E-state index in [0.717, 1.165) is 4.90 Å². The van der Waals surface area contributed by atoms with Gasteiger partial charge in [-0.25, -0.2) is 18.4 Å². The third-order valence-corrected chi connectivity index (χ3v) is 9.54. The van der Waals surface area contributed by atoms with E-state index in [1.807, 2.05) is 0 Å². The fourth-order valence-electron chi connectivity index (χ4n) is 5.33. The molecule has 300 valence electrons. The molecule has 2 amide bonds. The summed E-state index contributed by atoms with van der Waals surface area (Å²) in [6, 6.07) is 7.48. The lowest BCUT2D eigenvalue weighted by molar-refractivity contribution is -0.139. The van der Waals surface area contributed by atoms with Gasteiger partial charge in [-0.05, 0) is 52.8 Å². The average molecular weight is 816 g/mol. The van der Waals surface area contributed by atoms with Gasteiger partial charge in [0.05, 0.1) is 29.3 Å². The monoisotopic (exact) mass is 815 g/mol. The molecule has 16 nitrogen and oxygen atoms in total. The molecule has 0 aliphatic carbocycles. The fourth-order valence-corrected chi connectivity index (χ4v) is 6.48. The molecule has 1 N–H and O–H groups in total. The molecule has 20 heteroatoms. The van der Waals surface area contributed by atoms with Crippen LogP contribution in [0.1, 0.15) is 57.0 Å². The quantitative estimate of drug-likeness (QED) is 0.0675. The van der Waals surface area contributed by atoms with Gasteiger partial charge >= 0.3 is 19.9 Å². The Kier molecular flexibility index (Phi) is 15.0. The lowest BCUT2D eigenvalue weighted by Crippen LogP contribution is -2.46. The van der Waals surface area contributed by atoms with E-state index < -0.39 is 88.4 Å². The van der Waals surface area contributed by atoms with Crippen molar-refractivity contribution in [2.24, 2.45) is 0 Å². The predicted octanol–water partition coefficient (Wildman–Crippen LogP) is 6.49. The first-order chi connectivity index (χ1) is 26.0. The summed E-state index contributed by atoms with van der Waals surface area (Å²) in [5.41, 5.74) is 0.654. The molecule has 1 fully saturated rings. The lowest BCUT2D eigenvalue weighted by Gasteiger charge is -2.24. The molecule has 1 aliphatic rings. The molecule has 1 aromatic heterocycles. The van der Waals surface area contributed by atoms with Gasteiger partial charge in [-0.2, -0.15) is 0 Å². The number of Topliss-reactive ketones (excluding diaryl/α,β-unsaturated/α-hetero) is 1. The lowest BCUT2D eigenvalue weighted by atomic mass is 10.1. The van der Waals surface area contributed by atoms with Crippen molar-refractivity contribution < 1.29 is 70.1 Å². The van der Waals surface area contributed by atoms with E-state index in [1.54, 1.807) is 27.7 Å². The largest absolute Gasteiger partial charge is 0.510 e. The van der Waals surface area contributed by atoms with Crippen LogP contribution in [0.4, 0.5) is 18.4 Å². The van der Waals surface area contributed by atoms with Gasteiger partial charge in [-0.3, -0.25) is 28.0 Å². The molecule has 4 rings (SSSR count). The van der Waals surface area contributed by atoms with Gasteiger partial charge < -0.3 is 38.5 Å². The maximum Gasteiger partial charge on any atom is 0.510 e. The van der Waals surface area contributed by atoms with E-state index in [9.17, 15) is 37.3 Å². The van der Waals surface area contributed by atoms with Gasteiger partial charge in [-0.15, -0.1) is 0 Å². The van der Waals surface area contributed by atoms with Gasteiger partial charge in [0.15, 0.2) is 12.1 Å². The maximum atomic E-state index is 14.7. The van der Waals surface area contributed by atoms with E-state index in [1.165, 1.54) is 54.1 Å². The molecule has 3 aromatic rings. The van der Waals surface area contributed by atoms with Crippen molar-refractivity contribution in [1.82, 2.24) is 14.8 Å². The number of carbonyl (C=O) groups excluding carboxylic acids is 5. The molecule has 1 saturated heterocycles. The Bertz CT molecular complexity index is 1910. The van der Waals surface area contributed by atoms with Crippen LogP contribution >= 0.6 is 19.2 Å². The summed E-state index contributed by atoms with van der Waals surface area (Å²) in [4.78, 5) is 63.9. The van der Waals surface area contributed by atoms with Crippen LogP contribution in [0.5, 0.6) is 5.75 Å². The third-order valence-electron chi connectivity index (χ3n) is 7.80. The van der Waals surface area contributed by atoms with Gasteiger partial charge in [0.25, 0.3) is 0 Å². The van der Waals surface area contributed by atoms with Crippen LogP contribution in [0.2, 0.25) is 5.02 Å². The zero-order chi connectivity index (χ0) is 40.4.